The largest absolute Gasteiger partial charge is 0.411 e. The number of fused-ring (bicyclic) bond motifs is 4. The number of hydrogen-bond donors (Lipinski definition) is 2. The minimum absolute atomic E-state index is 0.0831. The Labute approximate surface area is 230 Å². The maximum Gasteiger partial charge on any atom is 0.411 e. The zero-order valence-corrected chi connectivity index (χ0v) is 21.6. The molecule has 1 saturated carbocycles. The van der Waals surface area contributed by atoms with E-state index in [0.29, 0.717) is 49.3 Å². The van der Waals surface area contributed by atoms with Crippen molar-refractivity contribution in [2.75, 3.05) is 18.9 Å². The van der Waals surface area contributed by atoms with Gasteiger partial charge in [0.15, 0.2) is 0 Å². The summed E-state index contributed by atoms with van der Waals surface area (Å²) in [4.78, 5) is 9.01. The number of aromatic nitrogens is 3. The highest BCUT2D eigenvalue weighted by molar-refractivity contribution is 5.85. The van der Waals surface area contributed by atoms with E-state index in [1.165, 1.54) is 24.4 Å². The zero-order valence-electron chi connectivity index (χ0n) is 21.6. The molecule has 216 valence electrons. The molecule has 0 radical (unpaired) electrons. The number of ether oxygens (including phenoxy) is 1. The standard InChI is InChI=1S/C29H26F6N4O2/c30-28(31,32)27(29(33,34)35,19-4-2-1-3-5-19)20-8-6-18(7-9-20)21-22-23(36)37-14-15-39(22)24(38-21)25-10-12-26(16-40,13-11-25)41-17-25/h1-9,14-15,40H,10-13,16-17H2,(H2,36,37). The molecular weight excluding hydrogens is 550 g/mol. The van der Waals surface area contributed by atoms with Crippen LogP contribution in [0.25, 0.3) is 16.8 Å². The lowest BCUT2D eigenvalue weighted by atomic mass is 9.66. The number of nitrogen functional groups attached to an aromatic ring is 1. The van der Waals surface area contributed by atoms with Gasteiger partial charge in [0.25, 0.3) is 0 Å². The van der Waals surface area contributed by atoms with Gasteiger partial charge in [0.1, 0.15) is 22.9 Å². The molecule has 6 nitrogen and oxygen atoms in total. The number of aliphatic hydroxyl groups excluding tert-OH is 1. The average molecular weight is 577 g/mol. The molecule has 2 saturated heterocycles. The summed E-state index contributed by atoms with van der Waals surface area (Å²) in [6.45, 7) is 0.226. The molecule has 3 fully saturated rings. The highest BCUT2D eigenvalue weighted by Gasteiger charge is 2.72. The molecular formula is C29H26F6N4O2. The van der Waals surface area contributed by atoms with Crippen LogP contribution in [-0.2, 0) is 15.6 Å². The minimum Gasteiger partial charge on any atom is -0.393 e. The predicted molar refractivity (Wildman–Crippen MR) is 138 cm³/mol. The first kappa shape index (κ1) is 27.5. The summed E-state index contributed by atoms with van der Waals surface area (Å²) in [5.41, 5.74) is 0.0113. The van der Waals surface area contributed by atoms with Gasteiger partial charge in [0, 0.05) is 18.0 Å². The molecule has 12 heteroatoms. The second-order valence-corrected chi connectivity index (χ2v) is 10.9. The third-order valence-electron chi connectivity index (χ3n) is 8.77. The van der Waals surface area contributed by atoms with Gasteiger partial charge >= 0.3 is 12.4 Å². The van der Waals surface area contributed by atoms with E-state index >= 15 is 0 Å². The van der Waals surface area contributed by atoms with Crippen molar-refractivity contribution >= 4 is 11.3 Å². The fourth-order valence-electron chi connectivity index (χ4n) is 6.44. The number of anilines is 1. The van der Waals surface area contributed by atoms with E-state index in [2.05, 4.69) is 4.98 Å². The third kappa shape index (κ3) is 3.94. The molecule has 4 aromatic rings. The summed E-state index contributed by atoms with van der Waals surface area (Å²) in [5.74, 6) is 0.735. The van der Waals surface area contributed by atoms with E-state index in [1.54, 1.807) is 10.6 Å². The van der Waals surface area contributed by atoms with Gasteiger partial charge in [-0.15, -0.1) is 0 Å². The molecule has 2 aromatic carbocycles. The Kier molecular flexibility index (Phi) is 6.17. The monoisotopic (exact) mass is 576 g/mol. The lowest BCUT2D eigenvalue weighted by Crippen LogP contribution is -2.55. The van der Waals surface area contributed by atoms with E-state index in [4.69, 9.17) is 15.5 Å². The van der Waals surface area contributed by atoms with Gasteiger partial charge in [-0.05, 0) is 36.8 Å². The molecule has 41 heavy (non-hydrogen) atoms. The topological polar surface area (TPSA) is 85.7 Å². The second kappa shape index (κ2) is 9.18. The lowest BCUT2D eigenvalue weighted by Gasteiger charge is -2.51. The van der Waals surface area contributed by atoms with Gasteiger partial charge in [0.05, 0.1) is 24.2 Å². The number of imidazole rings is 1. The molecule has 0 unspecified atom stereocenters. The van der Waals surface area contributed by atoms with Gasteiger partial charge < -0.3 is 15.6 Å². The van der Waals surface area contributed by atoms with Crippen LogP contribution in [0.4, 0.5) is 32.2 Å². The first-order valence-corrected chi connectivity index (χ1v) is 13.1. The number of halogens is 6. The first-order valence-electron chi connectivity index (χ1n) is 13.1. The Balaban J connectivity index is 1.49. The van der Waals surface area contributed by atoms with Crippen LogP contribution in [0.5, 0.6) is 0 Å². The summed E-state index contributed by atoms with van der Waals surface area (Å²) < 4.78 is 94.7. The number of benzene rings is 2. The van der Waals surface area contributed by atoms with E-state index in [-0.39, 0.29) is 18.0 Å². The van der Waals surface area contributed by atoms with Crippen molar-refractivity contribution in [2.24, 2.45) is 0 Å². The van der Waals surface area contributed by atoms with Crippen LogP contribution in [0.15, 0.2) is 67.0 Å². The molecule has 0 atom stereocenters. The van der Waals surface area contributed by atoms with Crippen LogP contribution >= 0.6 is 0 Å². The fourth-order valence-corrected chi connectivity index (χ4v) is 6.44. The van der Waals surface area contributed by atoms with Crippen LogP contribution in [0, 0.1) is 0 Å². The Morgan fingerprint density at radius 1 is 0.878 bits per heavy atom. The molecule has 0 amide bonds. The molecule has 4 heterocycles. The van der Waals surface area contributed by atoms with E-state index < -0.39 is 39.9 Å². The van der Waals surface area contributed by atoms with Gasteiger partial charge in [-0.1, -0.05) is 54.6 Å². The van der Waals surface area contributed by atoms with Crippen LogP contribution in [0.3, 0.4) is 0 Å². The van der Waals surface area contributed by atoms with Crippen LogP contribution < -0.4 is 5.73 Å². The van der Waals surface area contributed by atoms with Crippen LogP contribution in [0.1, 0.15) is 42.6 Å². The molecule has 0 spiro atoms. The van der Waals surface area contributed by atoms with E-state index in [1.807, 2.05) is 0 Å². The van der Waals surface area contributed by atoms with E-state index in [9.17, 15) is 31.4 Å². The molecule has 3 N–H and O–H groups in total. The normalized spacial score (nSPS) is 23.3. The Bertz CT molecular complexity index is 1540. The first-order chi connectivity index (χ1) is 19.4. The SMILES string of the molecule is Nc1nccn2c(C34CCC(CO)(CC3)OC4)nc(-c3ccc(C(c4ccccc4)(C(F)(F)F)C(F)(F)F)cc3)c12. The summed E-state index contributed by atoms with van der Waals surface area (Å²) in [7, 11) is 0. The predicted octanol–water partition coefficient (Wildman–Crippen LogP) is 5.96. The number of alkyl halides is 6. The molecule has 1 aliphatic carbocycles. The van der Waals surface area contributed by atoms with E-state index in [0.717, 1.165) is 36.4 Å². The Hall–Kier alpha value is -3.64. The van der Waals surface area contributed by atoms with Crippen molar-refractivity contribution in [1.29, 1.82) is 0 Å². The number of nitrogens with zero attached hydrogens (tertiary/aromatic N) is 3. The molecule has 2 aliphatic heterocycles. The van der Waals surface area contributed by atoms with Crippen molar-refractivity contribution in [3.05, 3.63) is 83.9 Å². The number of rotatable bonds is 5. The summed E-state index contributed by atoms with van der Waals surface area (Å²) >= 11 is 0. The zero-order chi connectivity index (χ0) is 29.3. The van der Waals surface area contributed by atoms with Crippen LogP contribution in [0.2, 0.25) is 0 Å². The van der Waals surface area contributed by atoms with Crippen molar-refractivity contribution in [3.63, 3.8) is 0 Å². The fraction of sp³-hybridized carbons (Fsp3) is 0.379. The van der Waals surface area contributed by atoms with Crippen molar-refractivity contribution in [1.82, 2.24) is 14.4 Å². The number of aliphatic hydroxyl groups is 1. The van der Waals surface area contributed by atoms with Crippen molar-refractivity contribution in [2.45, 2.75) is 54.5 Å². The summed E-state index contributed by atoms with van der Waals surface area (Å²) in [6.07, 6.45) is -5.56. The lowest BCUT2D eigenvalue weighted by molar-refractivity contribution is -0.288. The smallest absolute Gasteiger partial charge is 0.393 e. The Morgan fingerprint density at radius 3 is 2.02 bits per heavy atom. The highest BCUT2D eigenvalue weighted by Crippen LogP contribution is 2.56. The highest BCUT2D eigenvalue weighted by atomic mass is 19.4. The quantitative estimate of drug-likeness (QED) is 0.287. The molecule has 3 aliphatic rings. The van der Waals surface area contributed by atoms with Crippen molar-refractivity contribution in [3.8, 4) is 11.3 Å². The van der Waals surface area contributed by atoms with Crippen LogP contribution in [-0.4, -0.2) is 50.6 Å². The molecule has 7 rings (SSSR count). The summed E-state index contributed by atoms with van der Waals surface area (Å²) in [5, 5.41) is 9.82. The Morgan fingerprint density at radius 2 is 1.49 bits per heavy atom. The maximum atomic E-state index is 14.5. The third-order valence-corrected chi connectivity index (χ3v) is 8.77. The molecule has 2 aromatic heterocycles. The number of nitrogens with two attached hydrogens (primary N) is 1. The van der Waals surface area contributed by atoms with Gasteiger partial charge in [-0.25, -0.2) is 9.97 Å². The minimum atomic E-state index is -5.68. The van der Waals surface area contributed by atoms with Gasteiger partial charge in [-0.2, -0.15) is 26.3 Å². The molecule has 2 bridgehead atoms. The van der Waals surface area contributed by atoms with Gasteiger partial charge in [-0.3, -0.25) is 4.40 Å². The average Bonchev–Trinajstić information content (AvgIpc) is 3.36. The number of hydrogen-bond acceptors (Lipinski definition) is 5. The summed E-state index contributed by atoms with van der Waals surface area (Å²) in [6, 6.07) is 9.42. The second-order valence-electron chi connectivity index (χ2n) is 10.9. The van der Waals surface area contributed by atoms with Gasteiger partial charge in [0.2, 0.25) is 5.41 Å². The maximum absolute atomic E-state index is 14.5. The van der Waals surface area contributed by atoms with Crippen molar-refractivity contribution < 1.29 is 36.2 Å².